The molecular weight excluding hydrogens is 286 g/mol. The summed E-state index contributed by atoms with van der Waals surface area (Å²) in [7, 11) is -3.61. The summed E-state index contributed by atoms with van der Waals surface area (Å²) in [6, 6.07) is 8.32. The minimum atomic E-state index is -3.61. The summed E-state index contributed by atoms with van der Waals surface area (Å²) >= 11 is 0. The van der Waals surface area contributed by atoms with Gasteiger partial charge in [-0.2, -0.15) is 0 Å². The molecule has 0 fully saturated rings. The monoisotopic (exact) mass is 307 g/mol. The Kier molecular flexibility index (Phi) is 4.92. The van der Waals surface area contributed by atoms with Crippen molar-refractivity contribution in [3.63, 3.8) is 0 Å². The van der Waals surface area contributed by atoms with Crippen LogP contribution in [0.2, 0.25) is 0 Å². The van der Waals surface area contributed by atoms with Crippen molar-refractivity contribution in [2.24, 2.45) is 11.7 Å². The summed E-state index contributed by atoms with van der Waals surface area (Å²) in [5.41, 5.74) is 6.34. The molecular formula is C15H21N3O2S. The fourth-order valence-corrected chi connectivity index (χ4v) is 3.83. The van der Waals surface area contributed by atoms with Gasteiger partial charge in [0.25, 0.3) is 0 Å². The lowest BCUT2D eigenvalue weighted by molar-refractivity contribution is 0.465. The van der Waals surface area contributed by atoms with Gasteiger partial charge in [-0.3, -0.25) is 4.98 Å². The van der Waals surface area contributed by atoms with E-state index in [0.717, 1.165) is 0 Å². The molecule has 6 heteroatoms. The first-order chi connectivity index (χ1) is 9.94. The highest BCUT2D eigenvalue weighted by molar-refractivity contribution is 7.89. The standard InChI is InChI=1S/C15H21N3O2S/c1-11(2)9-12(10-16)18-21(19,20)15-7-3-6-14-13(15)5-4-8-17-14/h3-8,11-12,18H,9-10,16H2,1-2H3. The van der Waals surface area contributed by atoms with E-state index >= 15 is 0 Å². The minimum Gasteiger partial charge on any atom is -0.329 e. The maximum atomic E-state index is 12.6. The van der Waals surface area contributed by atoms with E-state index in [1.807, 2.05) is 13.8 Å². The van der Waals surface area contributed by atoms with E-state index < -0.39 is 10.0 Å². The molecule has 1 aromatic heterocycles. The van der Waals surface area contributed by atoms with Gasteiger partial charge in [-0.05, 0) is 36.6 Å². The second-order valence-corrected chi connectivity index (χ2v) is 7.19. The van der Waals surface area contributed by atoms with Crippen LogP contribution in [0.4, 0.5) is 0 Å². The smallest absolute Gasteiger partial charge is 0.241 e. The zero-order valence-corrected chi connectivity index (χ0v) is 13.1. The summed E-state index contributed by atoms with van der Waals surface area (Å²) in [5, 5.41) is 0.618. The van der Waals surface area contributed by atoms with Gasteiger partial charge in [-0.15, -0.1) is 0 Å². The highest BCUT2D eigenvalue weighted by atomic mass is 32.2. The van der Waals surface area contributed by atoms with Crippen LogP contribution in [0, 0.1) is 5.92 Å². The van der Waals surface area contributed by atoms with Crippen molar-refractivity contribution in [2.75, 3.05) is 6.54 Å². The van der Waals surface area contributed by atoms with Crippen molar-refractivity contribution < 1.29 is 8.42 Å². The van der Waals surface area contributed by atoms with E-state index in [9.17, 15) is 8.42 Å². The lowest BCUT2D eigenvalue weighted by Gasteiger charge is -2.19. The third-order valence-electron chi connectivity index (χ3n) is 3.26. The van der Waals surface area contributed by atoms with E-state index in [1.165, 1.54) is 0 Å². The van der Waals surface area contributed by atoms with Crippen molar-refractivity contribution in [1.29, 1.82) is 0 Å². The van der Waals surface area contributed by atoms with Crippen LogP contribution in [0.25, 0.3) is 10.9 Å². The molecule has 21 heavy (non-hydrogen) atoms. The number of hydrogen-bond donors (Lipinski definition) is 2. The third kappa shape index (κ3) is 3.78. The predicted octanol–water partition coefficient (Wildman–Crippen LogP) is 1.89. The fraction of sp³-hybridized carbons (Fsp3) is 0.400. The summed E-state index contributed by atoms with van der Waals surface area (Å²) in [4.78, 5) is 4.43. The molecule has 0 aliphatic rings. The van der Waals surface area contributed by atoms with Crippen LogP contribution >= 0.6 is 0 Å². The topological polar surface area (TPSA) is 85.1 Å². The molecule has 2 aromatic rings. The van der Waals surface area contributed by atoms with Gasteiger partial charge in [0.2, 0.25) is 10.0 Å². The average Bonchev–Trinajstić information content (AvgIpc) is 2.45. The third-order valence-corrected chi connectivity index (χ3v) is 4.84. The van der Waals surface area contributed by atoms with Crippen molar-refractivity contribution in [2.45, 2.75) is 31.2 Å². The number of aromatic nitrogens is 1. The molecule has 0 aliphatic heterocycles. The number of rotatable bonds is 6. The summed E-state index contributed by atoms with van der Waals surface area (Å²) in [6.45, 7) is 4.36. The Morgan fingerprint density at radius 1 is 1.24 bits per heavy atom. The molecule has 1 heterocycles. The quantitative estimate of drug-likeness (QED) is 0.853. The highest BCUT2D eigenvalue weighted by Gasteiger charge is 2.22. The number of nitrogens with one attached hydrogen (secondary N) is 1. The molecule has 0 bridgehead atoms. The number of nitrogens with two attached hydrogens (primary N) is 1. The number of hydrogen-bond acceptors (Lipinski definition) is 4. The van der Waals surface area contributed by atoms with E-state index in [2.05, 4.69) is 9.71 Å². The molecule has 1 aromatic carbocycles. The number of benzene rings is 1. The number of nitrogens with zero attached hydrogens (tertiary/aromatic N) is 1. The van der Waals surface area contributed by atoms with Crippen molar-refractivity contribution in [3.05, 3.63) is 36.5 Å². The van der Waals surface area contributed by atoms with E-state index in [0.29, 0.717) is 23.2 Å². The van der Waals surface area contributed by atoms with Gasteiger partial charge < -0.3 is 5.73 Å². The molecule has 0 radical (unpaired) electrons. The lowest BCUT2D eigenvalue weighted by atomic mass is 10.1. The molecule has 114 valence electrons. The summed E-state index contributed by atoms with van der Waals surface area (Å²) < 4.78 is 27.9. The van der Waals surface area contributed by atoms with E-state index in [4.69, 9.17) is 5.73 Å². The van der Waals surface area contributed by atoms with Gasteiger partial charge in [0.1, 0.15) is 0 Å². The Balaban J connectivity index is 2.38. The summed E-state index contributed by atoms with van der Waals surface area (Å²) in [6.07, 6.45) is 2.35. The van der Waals surface area contributed by atoms with Crippen LogP contribution in [-0.2, 0) is 10.0 Å². The van der Waals surface area contributed by atoms with Gasteiger partial charge in [0.15, 0.2) is 0 Å². The van der Waals surface area contributed by atoms with Gasteiger partial charge in [-0.25, -0.2) is 13.1 Å². The van der Waals surface area contributed by atoms with Gasteiger partial charge >= 0.3 is 0 Å². The first-order valence-corrected chi connectivity index (χ1v) is 8.48. The van der Waals surface area contributed by atoms with Crippen LogP contribution in [0.1, 0.15) is 20.3 Å². The second kappa shape index (κ2) is 6.51. The van der Waals surface area contributed by atoms with Gasteiger partial charge in [-0.1, -0.05) is 19.9 Å². The molecule has 2 rings (SSSR count). The Labute approximate surface area is 125 Å². The Morgan fingerprint density at radius 2 is 2.00 bits per heavy atom. The van der Waals surface area contributed by atoms with Crippen LogP contribution in [0.3, 0.4) is 0 Å². The van der Waals surface area contributed by atoms with Crippen molar-refractivity contribution >= 4 is 20.9 Å². The fourth-order valence-electron chi connectivity index (χ4n) is 2.35. The lowest BCUT2D eigenvalue weighted by Crippen LogP contribution is -2.41. The maximum Gasteiger partial charge on any atom is 0.241 e. The van der Waals surface area contributed by atoms with Crippen molar-refractivity contribution in [3.8, 4) is 0 Å². The molecule has 1 atom stereocenters. The van der Waals surface area contributed by atoms with E-state index in [1.54, 1.807) is 36.5 Å². The normalized spacial score (nSPS) is 13.7. The molecule has 3 N–H and O–H groups in total. The molecule has 0 spiro atoms. The zero-order chi connectivity index (χ0) is 15.5. The maximum absolute atomic E-state index is 12.6. The average molecular weight is 307 g/mol. The second-order valence-electron chi connectivity index (χ2n) is 5.51. The van der Waals surface area contributed by atoms with Crippen LogP contribution < -0.4 is 10.5 Å². The number of fused-ring (bicyclic) bond motifs is 1. The molecule has 0 saturated carbocycles. The molecule has 5 nitrogen and oxygen atoms in total. The first kappa shape index (κ1) is 15.9. The SMILES string of the molecule is CC(C)CC(CN)NS(=O)(=O)c1cccc2ncccc12. The number of pyridine rings is 1. The van der Waals surface area contributed by atoms with E-state index in [-0.39, 0.29) is 17.5 Å². The Bertz CT molecular complexity index is 708. The van der Waals surface area contributed by atoms with Gasteiger partial charge in [0, 0.05) is 24.2 Å². The summed E-state index contributed by atoms with van der Waals surface area (Å²) in [5.74, 6) is 0.371. The van der Waals surface area contributed by atoms with Crippen LogP contribution in [0.5, 0.6) is 0 Å². The van der Waals surface area contributed by atoms with Gasteiger partial charge in [0.05, 0.1) is 10.4 Å². The zero-order valence-electron chi connectivity index (χ0n) is 12.3. The molecule has 0 saturated heterocycles. The Hall–Kier alpha value is -1.50. The number of sulfonamides is 1. The first-order valence-electron chi connectivity index (χ1n) is 7.00. The minimum absolute atomic E-state index is 0.246. The van der Waals surface area contributed by atoms with Crippen molar-refractivity contribution in [1.82, 2.24) is 9.71 Å². The predicted molar refractivity (Wildman–Crippen MR) is 84.4 cm³/mol. The molecule has 1 unspecified atom stereocenters. The highest BCUT2D eigenvalue weighted by Crippen LogP contribution is 2.21. The van der Waals surface area contributed by atoms with Crippen LogP contribution in [0.15, 0.2) is 41.4 Å². The molecule has 0 amide bonds. The molecule has 0 aliphatic carbocycles. The largest absolute Gasteiger partial charge is 0.329 e. The van der Waals surface area contributed by atoms with Crippen LogP contribution in [-0.4, -0.2) is 26.0 Å². The Morgan fingerprint density at radius 3 is 2.67 bits per heavy atom.